The van der Waals surface area contributed by atoms with Gasteiger partial charge in [-0.15, -0.1) is 24.0 Å². The Labute approximate surface area is 167 Å². The summed E-state index contributed by atoms with van der Waals surface area (Å²) < 4.78 is 17.0. The summed E-state index contributed by atoms with van der Waals surface area (Å²) in [6, 6.07) is 7.64. The third-order valence-corrected chi connectivity index (χ3v) is 4.11. The summed E-state index contributed by atoms with van der Waals surface area (Å²) in [5, 5.41) is 6.61. The fourth-order valence-electron chi connectivity index (χ4n) is 2.68. The second-order valence-corrected chi connectivity index (χ2v) is 6.29. The van der Waals surface area contributed by atoms with Crippen LogP contribution in [0.5, 0.6) is 11.5 Å². The molecule has 0 spiro atoms. The van der Waals surface area contributed by atoms with Gasteiger partial charge in [0.15, 0.2) is 17.5 Å². The first-order chi connectivity index (χ1) is 11.6. The molecule has 2 rings (SSSR count). The number of hydrogen-bond donors (Lipinski definition) is 2. The smallest absolute Gasteiger partial charge is 0.191 e. The molecule has 1 aliphatic heterocycles. The van der Waals surface area contributed by atoms with Crippen LogP contribution in [0.1, 0.15) is 26.7 Å². The summed E-state index contributed by atoms with van der Waals surface area (Å²) in [5.74, 6) is 2.23. The SMILES string of the molecule is CN=C(NCC(C)Oc1ccccc1OC)NCC1(C)CCCO1.I. The highest BCUT2D eigenvalue weighted by molar-refractivity contribution is 14.0. The van der Waals surface area contributed by atoms with Gasteiger partial charge in [-0.05, 0) is 38.8 Å². The van der Waals surface area contributed by atoms with E-state index < -0.39 is 0 Å². The Morgan fingerprint density at radius 3 is 2.64 bits per heavy atom. The first kappa shape index (κ1) is 21.8. The topological polar surface area (TPSA) is 64.1 Å². The second kappa shape index (κ2) is 10.7. The van der Waals surface area contributed by atoms with E-state index in [1.165, 1.54) is 0 Å². The largest absolute Gasteiger partial charge is 0.493 e. The zero-order valence-electron chi connectivity index (χ0n) is 15.5. The van der Waals surface area contributed by atoms with E-state index in [-0.39, 0.29) is 35.7 Å². The Kier molecular flexibility index (Phi) is 9.34. The molecule has 2 atom stereocenters. The van der Waals surface area contributed by atoms with Crippen LogP contribution >= 0.6 is 24.0 Å². The summed E-state index contributed by atoms with van der Waals surface area (Å²) in [6.07, 6.45) is 2.16. The third kappa shape index (κ3) is 6.89. The van der Waals surface area contributed by atoms with Crippen molar-refractivity contribution in [1.29, 1.82) is 0 Å². The minimum absolute atomic E-state index is 0. The molecule has 0 bridgehead atoms. The maximum atomic E-state index is 5.93. The molecule has 2 unspecified atom stereocenters. The zero-order chi connectivity index (χ0) is 17.4. The number of halogens is 1. The van der Waals surface area contributed by atoms with Gasteiger partial charge in [-0.25, -0.2) is 0 Å². The molecule has 25 heavy (non-hydrogen) atoms. The Balaban J connectivity index is 0.00000312. The Hall–Kier alpha value is -1.22. The van der Waals surface area contributed by atoms with Crippen LogP contribution in [-0.2, 0) is 4.74 Å². The molecule has 1 aliphatic rings. The number of hydrogen-bond acceptors (Lipinski definition) is 4. The van der Waals surface area contributed by atoms with E-state index in [0.29, 0.717) is 6.54 Å². The predicted molar refractivity (Wildman–Crippen MR) is 111 cm³/mol. The maximum absolute atomic E-state index is 5.93. The number of rotatable bonds is 7. The predicted octanol–water partition coefficient (Wildman–Crippen LogP) is 2.81. The number of aliphatic imine (C=N–C) groups is 1. The number of para-hydroxylation sites is 2. The monoisotopic (exact) mass is 463 g/mol. The molecule has 0 saturated carbocycles. The minimum atomic E-state index is -0.100. The molecule has 1 fully saturated rings. The summed E-state index contributed by atoms with van der Waals surface area (Å²) in [6.45, 7) is 6.36. The molecular weight excluding hydrogens is 433 g/mol. The van der Waals surface area contributed by atoms with Gasteiger partial charge < -0.3 is 24.8 Å². The van der Waals surface area contributed by atoms with Gasteiger partial charge in [-0.2, -0.15) is 0 Å². The summed E-state index contributed by atoms with van der Waals surface area (Å²) in [4.78, 5) is 4.25. The molecule has 0 aromatic heterocycles. The number of ether oxygens (including phenoxy) is 3. The summed E-state index contributed by atoms with van der Waals surface area (Å²) >= 11 is 0. The van der Waals surface area contributed by atoms with Crippen molar-refractivity contribution in [2.75, 3.05) is 33.9 Å². The van der Waals surface area contributed by atoms with Crippen molar-refractivity contribution < 1.29 is 14.2 Å². The molecule has 0 radical (unpaired) electrons. The van der Waals surface area contributed by atoms with E-state index in [2.05, 4.69) is 22.5 Å². The highest BCUT2D eigenvalue weighted by Crippen LogP contribution is 2.26. The van der Waals surface area contributed by atoms with Crippen molar-refractivity contribution >= 4 is 29.9 Å². The van der Waals surface area contributed by atoms with Crippen molar-refractivity contribution in [3.63, 3.8) is 0 Å². The van der Waals surface area contributed by atoms with Crippen LogP contribution in [-0.4, -0.2) is 51.5 Å². The van der Waals surface area contributed by atoms with E-state index in [0.717, 1.165) is 43.5 Å². The van der Waals surface area contributed by atoms with Crippen LogP contribution in [0.3, 0.4) is 0 Å². The lowest BCUT2D eigenvalue weighted by molar-refractivity contribution is 0.0242. The molecule has 1 heterocycles. The summed E-state index contributed by atoms with van der Waals surface area (Å²) in [7, 11) is 3.40. The van der Waals surface area contributed by atoms with E-state index in [9.17, 15) is 0 Å². The van der Waals surface area contributed by atoms with Gasteiger partial charge in [0.05, 0.1) is 19.3 Å². The van der Waals surface area contributed by atoms with Gasteiger partial charge in [0.1, 0.15) is 6.10 Å². The van der Waals surface area contributed by atoms with E-state index in [1.54, 1.807) is 14.2 Å². The Bertz CT molecular complexity index is 548. The van der Waals surface area contributed by atoms with E-state index in [4.69, 9.17) is 14.2 Å². The van der Waals surface area contributed by atoms with Crippen LogP contribution in [0.2, 0.25) is 0 Å². The highest BCUT2D eigenvalue weighted by Gasteiger charge is 2.29. The second-order valence-electron chi connectivity index (χ2n) is 6.29. The molecular formula is C18H30IN3O3. The van der Waals surface area contributed by atoms with Crippen molar-refractivity contribution in [2.45, 2.75) is 38.4 Å². The average Bonchev–Trinajstić information content (AvgIpc) is 3.02. The van der Waals surface area contributed by atoms with Crippen LogP contribution < -0.4 is 20.1 Å². The first-order valence-corrected chi connectivity index (χ1v) is 8.44. The van der Waals surface area contributed by atoms with Crippen LogP contribution in [0, 0.1) is 0 Å². The average molecular weight is 463 g/mol. The first-order valence-electron chi connectivity index (χ1n) is 8.44. The zero-order valence-corrected chi connectivity index (χ0v) is 17.8. The van der Waals surface area contributed by atoms with Gasteiger partial charge in [-0.3, -0.25) is 4.99 Å². The van der Waals surface area contributed by atoms with Crippen LogP contribution in [0.4, 0.5) is 0 Å². The summed E-state index contributed by atoms with van der Waals surface area (Å²) in [5.41, 5.74) is -0.100. The van der Waals surface area contributed by atoms with Gasteiger partial charge >= 0.3 is 0 Å². The lowest BCUT2D eigenvalue weighted by atomic mass is 10.0. The highest BCUT2D eigenvalue weighted by atomic mass is 127. The van der Waals surface area contributed by atoms with Gasteiger partial charge in [0.25, 0.3) is 0 Å². The Morgan fingerprint density at radius 2 is 2.04 bits per heavy atom. The number of nitrogens with zero attached hydrogens (tertiary/aromatic N) is 1. The number of methoxy groups -OCH3 is 1. The molecule has 6 nitrogen and oxygen atoms in total. The molecule has 1 aromatic carbocycles. The molecule has 0 amide bonds. The fraction of sp³-hybridized carbons (Fsp3) is 0.611. The lowest BCUT2D eigenvalue weighted by Gasteiger charge is -2.25. The molecule has 2 N–H and O–H groups in total. The lowest BCUT2D eigenvalue weighted by Crippen LogP contribution is -2.47. The van der Waals surface area contributed by atoms with E-state index >= 15 is 0 Å². The third-order valence-electron chi connectivity index (χ3n) is 4.11. The molecule has 1 saturated heterocycles. The van der Waals surface area contributed by atoms with Gasteiger partial charge in [0, 0.05) is 20.2 Å². The maximum Gasteiger partial charge on any atom is 0.191 e. The van der Waals surface area contributed by atoms with Gasteiger partial charge in [-0.1, -0.05) is 12.1 Å². The molecule has 142 valence electrons. The van der Waals surface area contributed by atoms with Crippen molar-refractivity contribution in [2.24, 2.45) is 4.99 Å². The number of benzene rings is 1. The Morgan fingerprint density at radius 1 is 1.32 bits per heavy atom. The standard InChI is InChI=1S/C18H29N3O3.HI/c1-14(24-16-9-6-5-8-15(16)22-4)12-20-17(19-3)21-13-18(2)10-7-11-23-18;/h5-6,8-9,14H,7,10-13H2,1-4H3,(H2,19,20,21);1H. The van der Waals surface area contributed by atoms with Crippen LogP contribution in [0.25, 0.3) is 0 Å². The molecule has 7 heteroatoms. The molecule has 0 aliphatic carbocycles. The molecule has 1 aromatic rings. The van der Waals surface area contributed by atoms with E-state index in [1.807, 2.05) is 31.2 Å². The quantitative estimate of drug-likeness (QED) is 0.370. The number of guanidine groups is 1. The van der Waals surface area contributed by atoms with Gasteiger partial charge in [0.2, 0.25) is 0 Å². The fourth-order valence-corrected chi connectivity index (χ4v) is 2.68. The van der Waals surface area contributed by atoms with Crippen molar-refractivity contribution in [1.82, 2.24) is 10.6 Å². The normalized spacial score (nSPS) is 21.2. The van der Waals surface area contributed by atoms with Crippen molar-refractivity contribution in [3.05, 3.63) is 24.3 Å². The minimum Gasteiger partial charge on any atom is -0.493 e. The number of nitrogens with one attached hydrogen (secondary N) is 2. The van der Waals surface area contributed by atoms with Crippen LogP contribution in [0.15, 0.2) is 29.3 Å². The van der Waals surface area contributed by atoms with Crippen molar-refractivity contribution in [3.8, 4) is 11.5 Å².